The molecule has 0 unspecified atom stereocenters. The molecule has 2 nitrogen and oxygen atoms in total. The van der Waals surface area contributed by atoms with Gasteiger partial charge in [-0.1, -0.05) is 49.6 Å². The summed E-state index contributed by atoms with van der Waals surface area (Å²) < 4.78 is 0. The standard InChI is InChI=1S/C18H30N2/c1-19-18(12-7-4-8-13-18)14-16-20(2)15-11-17-9-5-3-6-10-17/h3,5-6,9-10,19H,4,7-8,11-16H2,1-2H3. The van der Waals surface area contributed by atoms with Gasteiger partial charge in [0.15, 0.2) is 0 Å². The van der Waals surface area contributed by atoms with Gasteiger partial charge in [-0.05, 0) is 51.9 Å². The summed E-state index contributed by atoms with van der Waals surface area (Å²) in [6.07, 6.45) is 9.38. The maximum absolute atomic E-state index is 3.62. The third-order valence-corrected chi connectivity index (χ3v) is 4.94. The van der Waals surface area contributed by atoms with E-state index in [0.717, 1.165) is 13.0 Å². The highest BCUT2D eigenvalue weighted by Gasteiger charge is 2.29. The first-order chi connectivity index (χ1) is 9.74. The lowest BCUT2D eigenvalue weighted by Crippen LogP contribution is -2.46. The molecule has 0 spiro atoms. The first kappa shape index (κ1) is 15.5. The fourth-order valence-corrected chi connectivity index (χ4v) is 3.33. The number of nitrogens with zero attached hydrogens (tertiary/aromatic N) is 1. The molecule has 0 atom stereocenters. The third kappa shape index (κ3) is 4.60. The molecule has 0 amide bonds. The Labute approximate surface area is 124 Å². The molecule has 1 aliphatic carbocycles. The molecule has 1 aromatic carbocycles. The van der Waals surface area contributed by atoms with Gasteiger partial charge in [0.1, 0.15) is 0 Å². The second-order valence-corrected chi connectivity index (χ2v) is 6.38. The highest BCUT2D eigenvalue weighted by atomic mass is 15.1. The first-order valence-electron chi connectivity index (χ1n) is 8.15. The maximum atomic E-state index is 3.62. The van der Waals surface area contributed by atoms with E-state index in [1.54, 1.807) is 0 Å². The van der Waals surface area contributed by atoms with E-state index < -0.39 is 0 Å². The molecule has 0 heterocycles. The van der Waals surface area contributed by atoms with E-state index in [0.29, 0.717) is 5.54 Å². The first-order valence-corrected chi connectivity index (χ1v) is 8.15. The van der Waals surface area contributed by atoms with Crippen LogP contribution in [0, 0.1) is 0 Å². The lowest BCUT2D eigenvalue weighted by molar-refractivity contribution is 0.197. The summed E-state index contributed by atoms with van der Waals surface area (Å²) in [5.74, 6) is 0. The number of benzene rings is 1. The molecule has 112 valence electrons. The minimum absolute atomic E-state index is 0.416. The van der Waals surface area contributed by atoms with E-state index >= 15 is 0 Å². The zero-order valence-corrected chi connectivity index (χ0v) is 13.2. The Balaban J connectivity index is 1.72. The normalized spacial score (nSPS) is 18.4. The predicted molar refractivity (Wildman–Crippen MR) is 87.1 cm³/mol. The van der Waals surface area contributed by atoms with Crippen molar-refractivity contribution in [2.75, 3.05) is 27.2 Å². The minimum atomic E-state index is 0.416. The lowest BCUT2D eigenvalue weighted by atomic mass is 9.79. The van der Waals surface area contributed by atoms with Crippen molar-refractivity contribution in [1.29, 1.82) is 0 Å². The number of likely N-dealkylation sites (N-methyl/N-ethyl adjacent to an activating group) is 1. The molecule has 1 aromatic rings. The van der Waals surface area contributed by atoms with Gasteiger partial charge in [-0.3, -0.25) is 0 Å². The Kier molecular flexibility index (Phi) is 6.06. The molecule has 1 fully saturated rings. The van der Waals surface area contributed by atoms with Crippen LogP contribution in [-0.2, 0) is 6.42 Å². The van der Waals surface area contributed by atoms with Crippen LogP contribution in [-0.4, -0.2) is 37.6 Å². The summed E-state index contributed by atoms with van der Waals surface area (Å²) in [6, 6.07) is 10.8. The van der Waals surface area contributed by atoms with Crippen molar-refractivity contribution < 1.29 is 0 Å². The Morgan fingerprint density at radius 3 is 2.40 bits per heavy atom. The van der Waals surface area contributed by atoms with Gasteiger partial charge in [-0.2, -0.15) is 0 Å². The van der Waals surface area contributed by atoms with Crippen LogP contribution in [0.5, 0.6) is 0 Å². The highest BCUT2D eigenvalue weighted by molar-refractivity contribution is 5.14. The lowest BCUT2D eigenvalue weighted by Gasteiger charge is -2.38. The quantitative estimate of drug-likeness (QED) is 0.819. The van der Waals surface area contributed by atoms with E-state index in [-0.39, 0.29) is 0 Å². The average Bonchev–Trinajstić information content (AvgIpc) is 2.53. The fourth-order valence-electron chi connectivity index (χ4n) is 3.33. The van der Waals surface area contributed by atoms with Gasteiger partial charge in [-0.15, -0.1) is 0 Å². The van der Waals surface area contributed by atoms with Gasteiger partial charge in [-0.25, -0.2) is 0 Å². The second-order valence-electron chi connectivity index (χ2n) is 6.38. The molecule has 1 N–H and O–H groups in total. The molecule has 1 aliphatic rings. The van der Waals surface area contributed by atoms with Crippen molar-refractivity contribution in [3.05, 3.63) is 35.9 Å². The molecule has 0 saturated heterocycles. The average molecular weight is 274 g/mol. The van der Waals surface area contributed by atoms with Crippen molar-refractivity contribution in [2.24, 2.45) is 0 Å². The van der Waals surface area contributed by atoms with E-state index in [9.17, 15) is 0 Å². The highest BCUT2D eigenvalue weighted by Crippen LogP contribution is 2.30. The van der Waals surface area contributed by atoms with Gasteiger partial charge in [0.2, 0.25) is 0 Å². The van der Waals surface area contributed by atoms with Crippen LogP contribution in [0.25, 0.3) is 0 Å². The Bertz CT molecular complexity index is 368. The van der Waals surface area contributed by atoms with Crippen LogP contribution < -0.4 is 5.32 Å². The topological polar surface area (TPSA) is 15.3 Å². The molecule has 0 bridgehead atoms. The summed E-state index contributed by atoms with van der Waals surface area (Å²) in [6.45, 7) is 2.36. The van der Waals surface area contributed by atoms with Gasteiger partial charge < -0.3 is 10.2 Å². The molecule has 1 saturated carbocycles. The summed E-state index contributed by atoms with van der Waals surface area (Å²) >= 11 is 0. The summed E-state index contributed by atoms with van der Waals surface area (Å²) in [5.41, 5.74) is 1.86. The molecular formula is C18H30N2. The van der Waals surface area contributed by atoms with Gasteiger partial charge in [0.25, 0.3) is 0 Å². The van der Waals surface area contributed by atoms with Crippen LogP contribution >= 0.6 is 0 Å². The second kappa shape index (κ2) is 7.80. The van der Waals surface area contributed by atoms with Crippen LogP contribution in [0.15, 0.2) is 30.3 Å². The van der Waals surface area contributed by atoms with Crippen LogP contribution in [0.2, 0.25) is 0 Å². The number of rotatable bonds is 7. The smallest absolute Gasteiger partial charge is 0.0190 e. The van der Waals surface area contributed by atoms with Gasteiger partial charge in [0.05, 0.1) is 0 Å². The molecule has 0 aromatic heterocycles. The molecule has 20 heavy (non-hydrogen) atoms. The largest absolute Gasteiger partial charge is 0.314 e. The van der Waals surface area contributed by atoms with Crippen LogP contribution in [0.1, 0.15) is 44.1 Å². The van der Waals surface area contributed by atoms with Gasteiger partial charge >= 0.3 is 0 Å². The van der Waals surface area contributed by atoms with E-state index in [4.69, 9.17) is 0 Å². The molecule has 0 aliphatic heterocycles. The number of nitrogens with one attached hydrogen (secondary N) is 1. The van der Waals surface area contributed by atoms with Crippen LogP contribution in [0.3, 0.4) is 0 Å². The summed E-state index contributed by atoms with van der Waals surface area (Å²) in [7, 11) is 4.41. The fraction of sp³-hybridized carbons (Fsp3) is 0.667. The molecule has 0 radical (unpaired) electrons. The number of hydrogen-bond donors (Lipinski definition) is 1. The van der Waals surface area contributed by atoms with Crippen molar-refractivity contribution >= 4 is 0 Å². The Hall–Kier alpha value is -0.860. The molecule has 2 heteroatoms. The van der Waals surface area contributed by atoms with E-state index in [1.165, 1.54) is 50.6 Å². The summed E-state index contributed by atoms with van der Waals surface area (Å²) in [5, 5.41) is 3.62. The molecular weight excluding hydrogens is 244 g/mol. The zero-order chi connectivity index (χ0) is 14.3. The van der Waals surface area contributed by atoms with Crippen molar-refractivity contribution in [3.8, 4) is 0 Å². The minimum Gasteiger partial charge on any atom is -0.314 e. The third-order valence-electron chi connectivity index (χ3n) is 4.94. The maximum Gasteiger partial charge on any atom is 0.0190 e. The Morgan fingerprint density at radius 2 is 1.75 bits per heavy atom. The Morgan fingerprint density at radius 1 is 1.05 bits per heavy atom. The van der Waals surface area contributed by atoms with Crippen LogP contribution in [0.4, 0.5) is 0 Å². The predicted octanol–water partition coefficient (Wildman–Crippen LogP) is 3.47. The summed E-state index contributed by atoms with van der Waals surface area (Å²) in [4.78, 5) is 2.49. The zero-order valence-electron chi connectivity index (χ0n) is 13.2. The molecule has 2 rings (SSSR count). The van der Waals surface area contributed by atoms with Gasteiger partial charge in [0, 0.05) is 12.1 Å². The number of hydrogen-bond acceptors (Lipinski definition) is 2. The van der Waals surface area contributed by atoms with E-state index in [1.807, 2.05) is 0 Å². The van der Waals surface area contributed by atoms with E-state index in [2.05, 4.69) is 54.6 Å². The SMILES string of the molecule is CNC1(CCN(C)CCc2ccccc2)CCCCC1. The van der Waals surface area contributed by atoms with Crippen molar-refractivity contribution in [3.63, 3.8) is 0 Å². The van der Waals surface area contributed by atoms with Crippen molar-refractivity contribution in [2.45, 2.75) is 50.5 Å². The monoisotopic (exact) mass is 274 g/mol. The van der Waals surface area contributed by atoms with Crippen molar-refractivity contribution in [1.82, 2.24) is 10.2 Å².